The molecule has 0 aliphatic carbocycles. The van der Waals surface area contributed by atoms with Gasteiger partial charge in [0.05, 0.1) is 13.7 Å². The number of hydrogen-bond acceptors (Lipinski definition) is 8. The van der Waals surface area contributed by atoms with Crippen LogP contribution in [0.15, 0.2) is 60.7 Å². The van der Waals surface area contributed by atoms with Gasteiger partial charge in [-0.3, -0.25) is 14.4 Å². The van der Waals surface area contributed by atoms with Crippen LogP contribution in [-0.4, -0.2) is 62.8 Å². The predicted molar refractivity (Wildman–Crippen MR) is 140 cm³/mol. The number of nitrogens with one attached hydrogen (secondary N) is 4. The van der Waals surface area contributed by atoms with Gasteiger partial charge in [0.25, 0.3) is 0 Å². The summed E-state index contributed by atoms with van der Waals surface area (Å²) >= 11 is 0. The van der Waals surface area contributed by atoms with Crippen molar-refractivity contribution in [3.05, 3.63) is 71.8 Å². The largest absolute Gasteiger partial charge is 0.468 e. The summed E-state index contributed by atoms with van der Waals surface area (Å²) in [5, 5.41) is 9.89. The molecule has 4 amide bonds. The van der Waals surface area contributed by atoms with E-state index in [0.29, 0.717) is 19.4 Å². The third-order valence-corrected chi connectivity index (χ3v) is 5.30. The standard InChI is InChI=1S/C27H34N4O8/c1-37-24(33)17-29-23(32)16-30-25(34)22(31-27(36)39-19-21-12-6-3-7-13-21)14-8-9-15-28-26(35)38-18-20-10-4-2-5-11-20/h2-7,10-13,22H,8-9,14-19H2,1H3,(H,28,35)(H,29,32)(H,30,34)(H,31,36)/t22-/m0/s1. The van der Waals surface area contributed by atoms with Gasteiger partial charge in [-0.15, -0.1) is 0 Å². The molecule has 4 N–H and O–H groups in total. The summed E-state index contributed by atoms with van der Waals surface area (Å²) in [5.41, 5.74) is 1.65. The number of hydrogen-bond donors (Lipinski definition) is 4. The Labute approximate surface area is 226 Å². The number of ether oxygens (including phenoxy) is 3. The van der Waals surface area contributed by atoms with E-state index in [9.17, 15) is 24.0 Å². The first kappa shape index (κ1) is 30.6. The van der Waals surface area contributed by atoms with Gasteiger partial charge in [0, 0.05) is 6.54 Å². The molecule has 1 atom stereocenters. The Morgan fingerprint density at radius 3 is 1.90 bits per heavy atom. The Morgan fingerprint density at radius 2 is 1.31 bits per heavy atom. The van der Waals surface area contributed by atoms with Crippen molar-refractivity contribution >= 4 is 30.0 Å². The van der Waals surface area contributed by atoms with Crippen LogP contribution in [-0.2, 0) is 41.8 Å². The molecule has 0 fully saturated rings. The highest BCUT2D eigenvalue weighted by molar-refractivity contribution is 5.90. The molecule has 0 bridgehead atoms. The highest BCUT2D eigenvalue weighted by atomic mass is 16.6. The van der Waals surface area contributed by atoms with Crippen molar-refractivity contribution in [2.75, 3.05) is 26.7 Å². The third-order valence-electron chi connectivity index (χ3n) is 5.30. The van der Waals surface area contributed by atoms with Crippen molar-refractivity contribution in [1.29, 1.82) is 0 Å². The summed E-state index contributed by atoms with van der Waals surface area (Å²) in [5.74, 6) is -1.83. The van der Waals surface area contributed by atoms with Gasteiger partial charge in [-0.05, 0) is 30.4 Å². The first-order valence-electron chi connectivity index (χ1n) is 12.4. The maximum Gasteiger partial charge on any atom is 0.408 e. The number of carbonyl (C=O) groups is 5. The van der Waals surface area contributed by atoms with Gasteiger partial charge in [-0.2, -0.15) is 0 Å². The fourth-order valence-electron chi connectivity index (χ4n) is 3.21. The summed E-state index contributed by atoms with van der Waals surface area (Å²) in [6, 6.07) is 17.3. The van der Waals surface area contributed by atoms with Crippen molar-refractivity contribution in [1.82, 2.24) is 21.3 Å². The van der Waals surface area contributed by atoms with Crippen molar-refractivity contribution in [2.45, 2.75) is 38.5 Å². The average Bonchev–Trinajstić information content (AvgIpc) is 2.96. The zero-order chi connectivity index (χ0) is 28.3. The maximum atomic E-state index is 12.7. The molecule has 2 aromatic carbocycles. The van der Waals surface area contributed by atoms with Crippen molar-refractivity contribution in [3.8, 4) is 0 Å². The Bertz CT molecular complexity index is 1070. The highest BCUT2D eigenvalue weighted by Gasteiger charge is 2.22. The lowest BCUT2D eigenvalue weighted by Crippen LogP contribution is -2.49. The van der Waals surface area contributed by atoms with E-state index in [0.717, 1.165) is 11.1 Å². The lowest BCUT2D eigenvalue weighted by Gasteiger charge is -2.18. The van der Waals surface area contributed by atoms with Gasteiger partial charge >= 0.3 is 18.2 Å². The molecule has 0 aliphatic rings. The molecular formula is C27H34N4O8. The molecule has 0 aliphatic heterocycles. The molecule has 2 rings (SSSR count). The van der Waals surface area contributed by atoms with Gasteiger partial charge < -0.3 is 35.5 Å². The highest BCUT2D eigenvalue weighted by Crippen LogP contribution is 2.05. The molecule has 0 unspecified atom stereocenters. The molecule has 0 saturated carbocycles. The van der Waals surface area contributed by atoms with E-state index in [1.165, 1.54) is 7.11 Å². The van der Waals surface area contributed by atoms with Gasteiger partial charge in [-0.1, -0.05) is 60.7 Å². The number of benzene rings is 2. The van der Waals surface area contributed by atoms with Crippen LogP contribution in [0.3, 0.4) is 0 Å². The number of alkyl carbamates (subject to hydrolysis) is 2. The maximum absolute atomic E-state index is 12.7. The minimum absolute atomic E-state index is 0.0198. The van der Waals surface area contributed by atoms with E-state index in [1.807, 2.05) is 48.5 Å². The van der Waals surface area contributed by atoms with E-state index >= 15 is 0 Å². The van der Waals surface area contributed by atoms with Crippen LogP contribution in [0.4, 0.5) is 9.59 Å². The molecule has 0 saturated heterocycles. The average molecular weight is 543 g/mol. The number of rotatable bonds is 15. The van der Waals surface area contributed by atoms with Crippen molar-refractivity contribution < 1.29 is 38.2 Å². The zero-order valence-corrected chi connectivity index (χ0v) is 21.8. The van der Waals surface area contributed by atoms with Crippen LogP contribution in [0.1, 0.15) is 30.4 Å². The van der Waals surface area contributed by atoms with Gasteiger partial charge in [0.15, 0.2) is 0 Å². The zero-order valence-electron chi connectivity index (χ0n) is 21.8. The molecule has 0 radical (unpaired) electrons. The van der Waals surface area contributed by atoms with E-state index in [-0.39, 0.29) is 26.2 Å². The summed E-state index contributed by atoms with van der Waals surface area (Å²) in [4.78, 5) is 59.9. The fourth-order valence-corrected chi connectivity index (χ4v) is 3.21. The third kappa shape index (κ3) is 13.5. The second kappa shape index (κ2) is 17.8. The minimum atomic E-state index is -0.994. The minimum Gasteiger partial charge on any atom is -0.468 e. The Morgan fingerprint density at radius 1 is 0.718 bits per heavy atom. The lowest BCUT2D eigenvalue weighted by atomic mass is 10.1. The summed E-state index contributed by atoms with van der Waals surface area (Å²) < 4.78 is 14.8. The summed E-state index contributed by atoms with van der Waals surface area (Å²) in [6.07, 6.45) is -0.170. The van der Waals surface area contributed by atoms with E-state index in [4.69, 9.17) is 9.47 Å². The molecule has 0 heterocycles. The molecule has 39 heavy (non-hydrogen) atoms. The lowest BCUT2D eigenvalue weighted by molar-refractivity contribution is -0.141. The number of methoxy groups -OCH3 is 1. The Balaban J connectivity index is 1.78. The summed E-state index contributed by atoms with van der Waals surface area (Å²) in [6.45, 7) is -0.263. The van der Waals surface area contributed by atoms with Crippen LogP contribution in [0.2, 0.25) is 0 Å². The Hall–Kier alpha value is -4.61. The van der Waals surface area contributed by atoms with Crippen molar-refractivity contribution in [2.24, 2.45) is 0 Å². The normalized spacial score (nSPS) is 10.9. The van der Waals surface area contributed by atoms with E-state index in [1.54, 1.807) is 12.1 Å². The first-order chi connectivity index (χ1) is 18.9. The molecule has 2 aromatic rings. The number of esters is 1. The van der Waals surface area contributed by atoms with Crippen LogP contribution in [0.5, 0.6) is 0 Å². The molecule has 210 valence electrons. The molecular weight excluding hydrogens is 508 g/mol. The summed E-state index contributed by atoms with van der Waals surface area (Å²) in [7, 11) is 1.19. The number of carbonyl (C=O) groups excluding carboxylic acids is 5. The Kier molecular flexibility index (Phi) is 14.0. The fraction of sp³-hybridized carbons (Fsp3) is 0.370. The molecule has 12 heteroatoms. The smallest absolute Gasteiger partial charge is 0.408 e. The monoisotopic (exact) mass is 542 g/mol. The van der Waals surface area contributed by atoms with Crippen LogP contribution < -0.4 is 21.3 Å². The van der Waals surface area contributed by atoms with Crippen LogP contribution in [0.25, 0.3) is 0 Å². The van der Waals surface area contributed by atoms with E-state index < -0.39 is 42.6 Å². The van der Waals surface area contributed by atoms with Crippen molar-refractivity contribution in [3.63, 3.8) is 0 Å². The number of amides is 4. The van der Waals surface area contributed by atoms with Gasteiger partial charge in [0.2, 0.25) is 11.8 Å². The predicted octanol–water partition coefficient (Wildman–Crippen LogP) is 1.78. The second-order valence-electron chi connectivity index (χ2n) is 8.31. The van der Waals surface area contributed by atoms with Crippen LogP contribution >= 0.6 is 0 Å². The SMILES string of the molecule is COC(=O)CNC(=O)CNC(=O)[C@H](CCCCNC(=O)OCc1ccccc1)NC(=O)OCc1ccccc1. The van der Waals surface area contributed by atoms with E-state index in [2.05, 4.69) is 26.0 Å². The molecule has 0 aromatic heterocycles. The molecule has 0 spiro atoms. The second-order valence-corrected chi connectivity index (χ2v) is 8.31. The van der Waals surface area contributed by atoms with Gasteiger partial charge in [0.1, 0.15) is 25.8 Å². The number of unbranched alkanes of at least 4 members (excludes halogenated alkanes) is 1. The quantitative estimate of drug-likeness (QED) is 0.150. The first-order valence-corrected chi connectivity index (χ1v) is 12.4. The van der Waals surface area contributed by atoms with Crippen LogP contribution in [0, 0.1) is 0 Å². The topological polar surface area (TPSA) is 161 Å². The van der Waals surface area contributed by atoms with Gasteiger partial charge in [-0.25, -0.2) is 9.59 Å². The molecule has 12 nitrogen and oxygen atoms in total.